The Morgan fingerprint density at radius 2 is 1.59 bits per heavy atom. The summed E-state index contributed by atoms with van der Waals surface area (Å²) in [5.74, 6) is -0.00711. The minimum absolute atomic E-state index is 0.355. The average molecular weight is 387 g/mol. The number of pyridine rings is 1. The topological polar surface area (TPSA) is 108 Å². The number of azo groups is 1. The minimum atomic E-state index is -0.362. The van der Waals surface area contributed by atoms with E-state index in [-0.39, 0.29) is 5.91 Å². The maximum Gasteiger partial charge on any atom is 0.272 e. The minimum Gasteiger partial charge on any atom is -0.384 e. The van der Waals surface area contributed by atoms with Gasteiger partial charge in [-0.15, -0.1) is 0 Å². The van der Waals surface area contributed by atoms with E-state index in [1.54, 1.807) is 18.3 Å². The molecule has 3 aromatic rings. The SMILES string of the molecule is CN(C)c1ccc(N=Nc2ccc(/C=N/NC(=O)c3ccc(N)nc3)cc2)cc1. The number of nitrogens with two attached hydrogens (primary N) is 1. The molecule has 8 heteroatoms. The number of aromatic nitrogens is 1. The van der Waals surface area contributed by atoms with E-state index in [2.05, 4.69) is 25.7 Å². The summed E-state index contributed by atoms with van der Waals surface area (Å²) in [7, 11) is 3.98. The highest BCUT2D eigenvalue weighted by Gasteiger charge is 2.03. The molecule has 29 heavy (non-hydrogen) atoms. The Bertz CT molecular complexity index is 1010. The van der Waals surface area contributed by atoms with E-state index in [1.165, 1.54) is 6.20 Å². The first-order valence-electron chi connectivity index (χ1n) is 8.85. The van der Waals surface area contributed by atoms with Gasteiger partial charge in [0.15, 0.2) is 0 Å². The fourth-order valence-corrected chi connectivity index (χ4v) is 2.33. The van der Waals surface area contributed by atoms with Crippen LogP contribution in [0.5, 0.6) is 0 Å². The number of amides is 1. The van der Waals surface area contributed by atoms with E-state index in [1.807, 2.05) is 67.5 Å². The van der Waals surface area contributed by atoms with Crippen LogP contribution in [0.2, 0.25) is 0 Å². The van der Waals surface area contributed by atoms with Gasteiger partial charge in [-0.3, -0.25) is 4.79 Å². The van der Waals surface area contributed by atoms with Crippen molar-refractivity contribution in [2.45, 2.75) is 0 Å². The molecule has 0 fully saturated rings. The van der Waals surface area contributed by atoms with Crippen molar-refractivity contribution >= 4 is 35.0 Å². The molecule has 0 saturated carbocycles. The zero-order valence-corrected chi connectivity index (χ0v) is 16.1. The largest absolute Gasteiger partial charge is 0.384 e. The number of rotatable bonds is 6. The van der Waals surface area contributed by atoms with Gasteiger partial charge >= 0.3 is 0 Å². The van der Waals surface area contributed by atoms with Crippen LogP contribution in [0.1, 0.15) is 15.9 Å². The fraction of sp³-hybridized carbons (Fsp3) is 0.0952. The summed E-state index contributed by atoms with van der Waals surface area (Å²) in [5.41, 5.74) is 11.7. The van der Waals surface area contributed by atoms with Gasteiger partial charge in [-0.25, -0.2) is 10.4 Å². The smallest absolute Gasteiger partial charge is 0.272 e. The highest BCUT2D eigenvalue weighted by Crippen LogP contribution is 2.21. The van der Waals surface area contributed by atoms with Gasteiger partial charge < -0.3 is 10.6 Å². The van der Waals surface area contributed by atoms with Crippen molar-refractivity contribution in [3.63, 3.8) is 0 Å². The number of carbonyl (C=O) groups is 1. The molecular formula is C21H21N7O. The Hall–Kier alpha value is -4.07. The van der Waals surface area contributed by atoms with Gasteiger partial charge in [-0.05, 0) is 54.1 Å². The molecule has 2 aromatic carbocycles. The van der Waals surface area contributed by atoms with E-state index in [0.29, 0.717) is 11.4 Å². The maximum atomic E-state index is 11.9. The number of nitrogens with one attached hydrogen (secondary N) is 1. The van der Waals surface area contributed by atoms with Crippen LogP contribution in [-0.4, -0.2) is 31.2 Å². The van der Waals surface area contributed by atoms with Crippen LogP contribution in [0, 0.1) is 0 Å². The second-order valence-corrected chi connectivity index (χ2v) is 6.37. The van der Waals surface area contributed by atoms with Crippen LogP contribution < -0.4 is 16.1 Å². The summed E-state index contributed by atoms with van der Waals surface area (Å²) >= 11 is 0. The van der Waals surface area contributed by atoms with Crippen LogP contribution in [0.25, 0.3) is 0 Å². The summed E-state index contributed by atoms with van der Waals surface area (Å²) in [6.07, 6.45) is 2.94. The highest BCUT2D eigenvalue weighted by atomic mass is 16.2. The number of hydrogen-bond donors (Lipinski definition) is 2. The average Bonchev–Trinajstić information content (AvgIpc) is 2.74. The second kappa shape index (κ2) is 9.23. The number of hydrogen-bond acceptors (Lipinski definition) is 7. The van der Waals surface area contributed by atoms with E-state index >= 15 is 0 Å². The van der Waals surface area contributed by atoms with Crippen molar-refractivity contribution in [2.24, 2.45) is 15.3 Å². The normalized spacial score (nSPS) is 11.1. The molecule has 0 aliphatic rings. The van der Waals surface area contributed by atoms with Crippen LogP contribution in [0.15, 0.2) is 82.2 Å². The van der Waals surface area contributed by atoms with Crippen LogP contribution in [0.3, 0.4) is 0 Å². The summed E-state index contributed by atoms with van der Waals surface area (Å²) in [6.45, 7) is 0. The van der Waals surface area contributed by atoms with Gasteiger partial charge in [0, 0.05) is 26.0 Å². The Balaban J connectivity index is 1.56. The lowest BCUT2D eigenvalue weighted by atomic mass is 10.2. The molecule has 0 radical (unpaired) electrons. The van der Waals surface area contributed by atoms with Crippen molar-refractivity contribution < 1.29 is 4.79 Å². The molecule has 1 amide bonds. The Kier molecular flexibility index (Phi) is 6.26. The van der Waals surface area contributed by atoms with Gasteiger partial charge in [0.1, 0.15) is 5.82 Å². The molecule has 3 N–H and O–H groups in total. The molecule has 0 spiro atoms. The lowest BCUT2D eigenvalue weighted by molar-refractivity contribution is 0.0955. The number of anilines is 2. The lowest BCUT2D eigenvalue weighted by Crippen LogP contribution is -2.17. The molecule has 0 aliphatic carbocycles. The van der Waals surface area contributed by atoms with E-state index in [4.69, 9.17) is 5.73 Å². The molecule has 0 atom stereocenters. The maximum absolute atomic E-state index is 11.9. The van der Waals surface area contributed by atoms with E-state index in [9.17, 15) is 4.79 Å². The van der Waals surface area contributed by atoms with Crippen molar-refractivity contribution in [2.75, 3.05) is 24.7 Å². The standard InChI is InChI=1S/C21H21N7O/c1-28(2)19-10-8-18(9-11-19)26-25-17-6-3-15(4-7-17)13-24-27-21(29)16-5-12-20(22)23-14-16/h3-14H,1-2H3,(H2,22,23)(H,27,29)/b24-13+,26-25?. The molecule has 0 aliphatic heterocycles. The molecule has 3 rings (SSSR count). The molecular weight excluding hydrogens is 366 g/mol. The molecule has 8 nitrogen and oxygen atoms in total. The van der Waals surface area contributed by atoms with Crippen molar-refractivity contribution in [3.8, 4) is 0 Å². The van der Waals surface area contributed by atoms with Gasteiger partial charge in [0.2, 0.25) is 0 Å². The van der Waals surface area contributed by atoms with Crippen molar-refractivity contribution in [3.05, 3.63) is 78.0 Å². The first-order valence-corrected chi connectivity index (χ1v) is 8.85. The van der Waals surface area contributed by atoms with E-state index in [0.717, 1.165) is 22.6 Å². The summed E-state index contributed by atoms with van der Waals surface area (Å²) in [4.78, 5) is 17.8. The zero-order chi connectivity index (χ0) is 20.6. The summed E-state index contributed by atoms with van der Waals surface area (Å²) < 4.78 is 0. The van der Waals surface area contributed by atoms with Crippen LogP contribution in [0.4, 0.5) is 22.9 Å². The molecule has 1 heterocycles. The molecule has 1 aromatic heterocycles. The predicted molar refractivity (Wildman–Crippen MR) is 115 cm³/mol. The summed E-state index contributed by atoms with van der Waals surface area (Å²) in [5, 5.41) is 12.4. The number of nitrogen functional groups attached to an aromatic ring is 1. The quantitative estimate of drug-likeness (QED) is 0.380. The fourth-order valence-electron chi connectivity index (χ4n) is 2.33. The number of hydrazone groups is 1. The molecule has 0 unspecified atom stereocenters. The first kappa shape index (κ1) is 19.7. The zero-order valence-electron chi connectivity index (χ0n) is 16.1. The number of nitrogens with zero attached hydrogens (tertiary/aromatic N) is 5. The third kappa shape index (κ3) is 5.70. The highest BCUT2D eigenvalue weighted by molar-refractivity contribution is 5.94. The molecule has 0 bridgehead atoms. The Morgan fingerprint density at radius 3 is 2.14 bits per heavy atom. The number of benzene rings is 2. The second-order valence-electron chi connectivity index (χ2n) is 6.37. The lowest BCUT2D eigenvalue weighted by Gasteiger charge is -2.11. The third-order valence-corrected chi connectivity index (χ3v) is 3.97. The van der Waals surface area contributed by atoms with Gasteiger partial charge in [-0.2, -0.15) is 15.3 Å². The van der Waals surface area contributed by atoms with Crippen molar-refractivity contribution in [1.29, 1.82) is 0 Å². The van der Waals surface area contributed by atoms with Crippen LogP contribution >= 0.6 is 0 Å². The summed E-state index contributed by atoms with van der Waals surface area (Å²) in [6, 6.07) is 18.3. The monoisotopic (exact) mass is 387 g/mol. The Morgan fingerprint density at radius 1 is 0.966 bits per heavy atom. The van der Waals surface area contributed by atoms with Gasteiger partial charge in [-0.1, -0.05) is 12.1 Å². The van der Waals surface area contributed by atoms with Crippen molar-refractivity contribution in [1.82, 2.24) is 10.4 Å². The number of carbonyl (C=O) groups excluding carboxylic acids is 1. The van der Waals surface area contributed by atoms with Gasteiger partial charge in [0.25, 0.3) is 5.91 Å². The first-order chi connectivity index (χ1) is 14.0. The van der Waals surface area contributed by atoms with Gasteiger partial charge in [0.05, 0.1) is 23.2 Å². The molecule has 0 saturated heterocycles. The predicted octanol–water partition coefficient (Wildman–Crippen LogP) is 3.91. The third-order valence-electron chi connectivity index (χ3n) is 3.97. The Labute approximate surface area is 168 Å². The molecule has 146 valence electrons. The van der Waals surface area contributed by atoms with E-state index < -0.39 is 0 Å². The van der Waals surface area contributed by atoms with Crippen LogP contribution in [-0.2, 0) is 0 Å².